The van der Waals surface area contributed by atoms with Gasteiger partial charge in [-0.05, 0) is 25.1 Å². The molecule has 0 aliphatic rings. The molecule has 6 nitrogen and oxygen atoms in total. The van der Waals surface area contributed by atoms with Crippen LogP contribution in [-0.2, 0) is 9.53 Å². The number of hydrogen-bond donors (Lipinski definition) is 0. The number of thiophene rings is 1. The molecular weight excluding hydrogens is 338 g/mol. The number of esters is 1. The zero-order chi connectivity index (χ0) is 16.8. The number of aryl methyl sites for hydroxylation is 1. The molecule has 0 amide bonds. The van der Waals surface area contributed by atoms with E-state index in [-0.39, 0.29) is 23.8 Å². The van der Waals surface area contributed by atoms with Gasteiger partial charge >= 0.3 is 5.97 Å². The number of Topliss-reactive ketones (excluding diaryl/α,β-unsaturated/α-hetero) is 1. The van der Waals surface area contributed by atoms with Crippen LogP contribution in [0, 0.1) is 17.0 Å². The van der Waals surface area contributed by atoms with E-state index in [1.807, 2.05) is 13.0 Å². The molecule has 0 radical (unpaired) electrons. The molecule has 0 saturated carbocycles. The lowest BCUT2D eigenvalue weighted by Gasteiger charge is -2.04. The average Bonchev–Trinajstić information content (AvgIpc) is 2.97. The van der Waals surface area contributed by atoms with E-state index in [9.17, 15) is 19.7 Å². The maximum Gasteiger partial charge on any atom is 0.316 e. The van der Waals surface area contributed by atoms with E-state index in [2.05, 4.69) is 0 Å². The van der Waals surface area contributed by atoms with Crippen molar-refractivity contribution in [3.63, 3.8) is 0 Å². The highest BCUT2D eigenvalue weighted by atomic mass is 32.2. The van der Waals surface area contributed by atoms with Crippen LogP contribution in [0.5, 0.6) is 0 Å². The molecule has 0 atom stereocenters. The zero-order valence-electron chi connectivity index (χ0n) is 12.2. The lowest BCUT2D eigenvalue weighted by Crippen LogP contribution is -2.14. The Morgan fingerprint density at radius 1 is 1.26 bits per heavy atom. The number of benzene rings is 1. The van der Waals surface area contributed by atoms with Crippen LogP contribution in [-0.4, -0.2) is 29.0 Å². The molecule has 0 bridgehead atoms. The van der Waals surface area contributed by atoms with Crippen LogP contribution < -0.4 is 0 Å². The van der Waals surface area contributed by atoms with Crippen molar-refractivity contribution in [2.75, 3.05) is 12.4 Å². The van der Waals surface area contributed by atoms with E-state index in [1.54, 1.807) is 24.3 Å². The molecule has 8 heteroatoms. The minimum absolute atomic E-state index is 0.0598. The molecule has 23 heavy (non-hydrogen) atoms. The molecule has 0 spiro atoms. The molecule has 2 aromatic rings. The summed E-state index contributed by atoms with van der Waals surface area (Å²) in [6, 6.07) is 9.67. The van der Waals surface area contributed by atoms with Gasteiger partial charge in [-0.25, -0.2) is 0 Å². The van der Waals surface area contributed by atoms with Crippen LogP contribution in [0.25, 0.3) is 0 Å². The minimum Gasteiger partial charge on any atom is -0.457 e. The number of para-hydroxylation sites is 1. The maximum absolute atomic E-state index is 11.8. The first-order chi connectivity index (χ1) is 11.0. The van der Waals surface area contributed by atoms with E-state index in [0.717, 1.165) is 16.6 Å². The average molecular weight is 351 g/mol. The van der Waals surface area contributed by atoms with Crippen molar-refractivity contribution in [3.8, 4) is 0 Å². The number of nitro groups is 1. The summed E-state index contributed by atoms with van der Waals surface area (Å²) < 4.78 is 4.92. The second kappa shape index (κ2) is 7.89. The van der Waals surface area contributed by atoms with Crippen LogP contribution in [0.3, 0.4) is 0 Å². The van der Waals surface area contributed by atoms with Crippen molar-refractivity contribution >= 4 is 40.5 Å². The number of thioether (sulfide) groups is 1. The molecule has 0 saturated heterocycles. The van der Waals surface area contributed by atoms with Crippen molar-refractivity contribution < 1.29 is 19.2 Å². The number of ketones is 1. The highest BCUT2D eigenvalue weighted by molar-refractivity contribution is 8.00. The molecule has 120 valence electrons. The van der Waals surface area contributed by atoms with Gasteiger partial charge in [0.05, 0.1) is 20.4 Å². The van der Waals surface area contributed by atoms with Crippen LogP contribution in [0.2, 0.25) is 0 Å². The molecule has 1 aromatic carbocycles. The molecular formula is C15H13NO5S2. The summed E-state index contributed by atoms with van der Waals surface area (Å²) in [5, 5.41) is 10.9. The molecule has 0 N–H and O–H groups in total. The molecule has 0 aliphatic heterocycles. The van der Waals surface area contributed by atoms with E-state index in [4.69, 9.17) is 4.74 Å². The summed E-state index contributed by atoms with van der Waals surface area (Å²) in [6.45, 7) is 1.56. The lowest BCUT2D eigenvalue weighted by atomic mass is 10.3. The number of ether oxygens (including phenoxy) is 1. The molecule has 0 aliphatic carbocycles. The van der Waals surface area contributed by atoms with E-state index >= 15 is 0 Å². The van der Waals surface area contributed by atoms with Crippen LogP contribution in [0.4, 0.5) is 5.69 Å². The maximum atomic E-state index is 11.8. The van der Waals surface area contributed by atoms with E-state index in [0.29, 0.717) is 9.77 Å². The fourth-order valence-electron chi connectivity index (χ4n) is 1.71. The molecule has 1 aromatic heterocycles. The Balaban J connectivity index is 1.84. The summed E-state index contributed by atoms with van der Waals surface area (Å²) in [7, 11) is 0. The summed E-state index contributed by atoms with van der Waals surface area (Å²) in [5.74, 6) is -0.941. The normalized spacial score (nSPS) is 10.3. The van der Waals surface area contributed by atoms with Gasteiger partial charge < -0.3 is 4.74 Å². The predicted molar refractivity (Wildman–Crippen MR) is 88.2 cm³/mol. The van der Waals surface area contributed by atoms with Crippen molar-refractivity contribution in [3.05, 3.63) is 56.3 Å². The van der Waals surface area contributed by atoms with Crippen molar-refractivity contribution in [1.29, 1.82) is 0 Å². The highest BCUT2D eigenvalue weighted by Crippen LogP contribution is 2.28. The quantitative estimate of drug-likeness (QED) is 0.249. The zero-order valence-corrected chi connectivity index (χ0v) is 13.8. The fourth-order valence-corrected chi connectivity index (χ4v) is 3.32. The van der Waals surface area contributed by atoms with E-state index in [1.165, 1.54) is 17.4 Å². The summed E-state index contributed by atoms with van der Waals surface area (Å²) in [5.41, 5.74) is -0.0598. The predicted octanol–water partition coefficient (Wildman–Crippen LogP) is 3.48. The Morgan fingerprint density at radius 3 is 2.65 bits per heavy atom. The van der Waals surface area contributed by atoms with Gasteiger partial charge in [0, 0.05) is 10.9 Å². The number of carbonyl (C=O) groups excluding carboxylic acids is 2. The second-order valence-electron chi connectivity index (χ2n) is 4.51. The first kappa shape index (κ1) is 17.2. The Kier molecular flexibility index (Phi) is 5.89. The molecule has 0 fully saturated rings. The molecule has 0 unspecified atom stereocenters. The third-order valence-corrected chi connectivity index (χ3v) is 4.86. The Labute approximate surface area is 140 Å². The van der Waals surface area contributed by atoms with Crippen molar-refractivity contribution in [1.82, 2.24) is 0 Å². The summed E-state index contributed by atoms with van der Waals surface area (Å²) in [6.07, 6.45) is 0. The monoisotopic (exact) mass is 351 g/mol. The van der Waals surface area contributed by atoms with Crippen LogP contribution in [0.1, 0.15) is 14.5 Å². The number of carbonyl (C=O) groups is 2. The first-order valence-electron chi connectivity index (χ1n) is 6.59. The smallest absolute Gasteiger partial charge is 0.316 e. The highest BCUT2D eigenvalue weighted by Gasteiger charge is 2.16. The van der Waals surface area contributed by atoms with Gasteiger partial charge in [0.25, 0.3) is 5.69 Å². The largest absolute Gasteiger partial charge is 0.457 e. The Hall–Kier alpha value is -2.19. The van der Waals surface area contributed by atoms with Crippen molar-refractivity contribution in [2.45, 2.75) is 11.8 Å². The third-order valence-electron chi connectivity index (χ3n) is 2.79. The number of nitrogens with zero attached hydrogens (tertiary/aromatic N) is 1. The number of hydrogen-bond acceptors (Lipinski definition) is 7. The van der Waals surface area contributed by atoms with Crippen molar-refractivity contribution in [2.24, 2.45) is 0 Å². The topological polar surface area (TPSA) is 86.5 Å². The van der Waals surface area contributed by atoms with Gasteiger partial charge in [-0.2, -0.15) is 0 Å². The SMILES string of the molecule is Cc1ccc(C(=O)COC(=O)CSc2ccccc2[N+](=O)[O-])s1. The standard InChI is InChI=1S/C15H13NO5S2/c1-10-6-7-14(23-10)12(17)8-21-15(18)9-22-13-5-3-2-4-11(13)16(19)20/h2-7H,8-9H2,1H3. The molecule has 1 heterocycles. The summed E-state index contributed by atoms with van der Waals surface area (Å²) >= 11 is 2.35. The fraction of sp³-hybridized carbons (Fsp3) is 0.200. The second-order valence-corrected chi connectivity index (χ2v) is 6.81. The first-order valence-corrected chi connectivity index (χ1v) is 8.39. The molecule has 2 rings (SSSR count). The summed E-state index contributed by atoms with van der Waals surface area (Å²) in [4.78, 5) is 35.8. The van der Waals surface area contributed by atoms with E-state index < -0.39 is 10.9 Å². The van der Waals surface area contributed by atoms with Crippen LogP contribution >= 0.6 is 23.1 Å². The number of nitro benzene ring substituents is 1. The van der Waals surface area contributed by atoms with Crippen LogP contribution in [0.15, 0.2) is 41.3 Å². The minimum atomic E-state index is -0.588. The van der Waals surface area contributed by atoms with Gasteiger partial charge in [-0.15, -0.1) is 23.1 Å². The Bertz CT molecular complexity index is 741. The Morgan fingerprint density at radius 2 is 2.00 bits per heavy atom. The van der Waals surface area contributed by atoms with Gasteiger partial charge in [0.15, 0.2) is 6.61 Å². The lowest BCUT2D eigenvalue weighted by molar-refractivity contribution is -0.387. The number of rotatable bonds is 7. The van der Waals surface area contributed by atoms with Gasteiger partial charge in [-0.1, -0.05) is 12.1 Å². The van der Waals surface area contributed by atoms with Gasteiger partial charge in [0.2, 0.25) is 5.78 Å². The van der Waals surface area contributed by atoms with Gasteiger partial charge in [0.1, 0.15) is 0 Å². The third kappa shape index (κ3) is 4.90. The van der Waals surface area contributed by atoms with Gasteiger partial charge in [-0.3, -0.25) is 19.7 Å².